The molecule has 0 bridgehead atoms. The van der Waals surface area contributed by atoms with Crippen LogP contribution in [0.2, 0.25) is 0 Å². The summed E-state index contributed by atoms with van der Waals surface area (Å²) in [7, 11) is -3.49. The second-order valence-corrected chi connectivity index (χ2v) is 7.16. The SMILES string of the molecule is CCC1(O)CN(S(=O)(=O)c2ccc3c(c2)CCO3)C1. The van der Waals surface area contributed by atoms with Crippen LogP contribution in [0, 0.1) is 0 Å². The number of nitrogens with zero attached hydrogens (tertiary/aromatic N) is 1. The predicted octanol–water partition coefficient (Wildman–Crippen LogP) is 0.767. The fourth-order valence-corrected chi connectivity index (χ4v) is 4.13. The van der Waals surface area contributed by atoms with Crippen molar-refractivity contribution in [2.45, 2.75) is 30.3 Å². The third-order valence-electron chi connectivity index (χ3n) is 3.90. The quantitative estimate of drug-likeness (QED) is 0.889. The Morgan fingerprint density at radius 2 is 2.16 bits per heavy atom. The number of fused-ring (bicyclic) bond motifs is 1. The zero-order valence-corrected chi connectivity index (χ0v) is 11.6. The minimum atomic E-state index is -3.49. The molecule has 5 nitrogen and oxygen atoms in total. The molecule has 2 aliphatic rings. The van der Waals surface area contributed by atoms with E-state index in [-0.39, 0.29) is 18.0 Å². The third kappa shape index (κ3) is 2.04. The zero-order valence-electron chi connectivity index (χ0n) is 10.8. The van der Waals surface area contributed by atoms with Crippen LogP contribution in [0.3, 0.4) is 0 Å². The molecule has 0 radical (unpaired) electrons. The first-order valence-electron chi connectivity index (χ1n) is 6.43. The lowest BCUT2D eigenvalue weighted by molar-refractivity contribution is -0.0613. The summed E-state index contributed by atoms with van der Waals surface area (Å²) in [4.78, 5) is 0.287. The molecule has 0 amide bonds. The minimum Gasteiger partial charge on any atom is -0.493 e. The Labute approximate surface area is 112 Å². The topological polar surface area (TPSA) is 66.8 Å². The fraction of sp³-hybridized carbons (Fsp3) is 0.538. The van der Waals surface area contributed by atoms with Gasteiger partial charge in [-0.05, 0) is 30.2 Å². The largest absolute Gasteiger partial charge is 0.493 e. The Hall–Kier alpha value is -1.11. The molecular weight excluding hydrogens is 266 g/mol. The van der Waals surface area contributed by atoms with Gasteiger partial charge in [-0.2, -0.15) is 4.31 Å². The Balaban J connectivity index is 1.86. The Kier molecular flexibility index (Phi) is 2.85. The van der Waals surface area contributed by atoms with E-state index in [2.05, 4.69) is 0 Å². The van der Waals surface area contributed by atoms with Gasteiger partial charge in [-0.25, -0.2) is 8.42 Å². The Morgan fingerprint density at radius 3 is 2.84 bits per heavy atom. The van der Waals surface area contributed by atoms with E-state index in [9.17, 15) is 13.5 Å². The fourth-order valence-electron chi connectivity index (χ4n) is 2.48. The van der Waals surface area contributed by atoms with Crippen LogP contribution in [-0.2, 0) is 16.4 Å². The van der Waals surface area contributed by atoms with Gasteiger partial charge in [0.2, 0.25) is 10.0 Å². The highest BCUT2D eigenvalue weighted by atomic mass is 32.2. The van der Waals surface area contributed by atoms with Gasteiger partial charge >= 0.3 is 0 Å². The summed E-state index contributed by atoms with van der Waals surface area (Å²) >= 11 is 0. The van der Waals surface area contributed by atoms with Gasteiger partial charge in [0.25, 0.3) is 0 Å². The van der Waals surface area contributed by atoms with Crippen molar-refractivity contribution >= 4 is 10.0 Å². The molecule has 2 aliphatic heterocycles. The second-order valence-electron chi connectivity index (χ2n) is 5.22. The molecule has 0 spiro atoms. The molecule has 0 unspecified atom stereocenters. The lowest BCUT2D eigenvalue weighted by Gasteiger charge is -2.44. The lowest BCUT2D eigenvalue weighted by atomic mass is 9.94. The lowest BCUT2D eigenvalue weighted by Crippen LogP contribution is -2.62. The molecule has 19 heavy (non-hydrogen) atoms. The van der Waals surface area contributed by atoms with E-state index < -0.39 is 15.6 Å². The van der Waals surface area contributed by atoms with E-state index in [4.69, 9.17) is 4.74 Å². The van der Waals surface area contributed by atoms with Crippen LogP contribution in [0.1, 0.15) is 18.9 Å². The molecule has 104 valence electrons. The highest BCUT2D eigenvalue weighted by Gasteiger charge is 2.46. The molecule has 0 aromatic heterocycles. The molecule has 2 heterocycles. The second kappa shape index (κ2) is 4.19. The molecule has 1 N–H and O–H groups in total. The first kappa shape index (κ1) is 12.9. The van der Waals surface area contributed by atoms with E-state index in [1.54, 1.807) is 18.2 Å². The molecule has 3 rings (SSSR count). The number of benzene rings is 1. The number of rotatable bonds is 3. The maximum Gasteiger partial charge on any atom is 0.243 e. The molecule has 6 heteroatoms. The first-order chi connectivity index (χ1) is 8.94. The maximum absolute atomic E-state index is 12.4. The van der Waals surface area contributed by atoms with Crippen molar-refractivity contribution in [1.82, 2.24) is 4.31 Å². The van der Waals surface area contributed by atoms with Gasteiger partial charge in [-0.3, -0.25) is 0 Å². The maximum atomic E-state index is 12.4. The van der Waals surface area contributed by atoms with Gasteiger partial charge < -0.3 is 9.84 Å². The van der Waals surface area contributed by atoms with Crippen molar-refractivity contribution in [2.75, 3.05) is 19.7 Å². The number of sulfonamides is 1. The van der Waals surface area contributed by atoms with Crippen LogP contribution in [0.15, 0.2) is 23.1 Å². The minimum absolute atomic E-state index is 0.180. The predicted molar refractivity (Wildman–Crippen MR) is 69.6 cm³/mol. The van der Waals surface area contributed by atoms with Gasteiger partial charge in [-0.15, -0.1) is 0 Å². The summed E-state index contributed by atoms with van der Waals surface area (Å²) in [6.07, 6.45) is 1.31. The summed E-state index contributed by atoms with van der Waals surface area (Å²) in [5.74, 6) is 0.771. The van der Waals surface area contributed by atoms with Gasteiger partial charge in [0.05, 0.1) is 17.1 Å². The summed E-state index contributed by atoms with van der Waals surface area (Å²) in [5.41, 5.74) is 0.0831. The number of β-amino-alcohol motifs (C(OH)–C–C–N with tert-alkyl or cyclic N) is 1. The van der Waals surface area contributed by atoms with Gasteiger partial charge in [0.15, 0.2) is 0 Å². The van der Waals surface area contributed by atoms with E-state index in [1.807, 2.05) is 6.92 Å². The van der Waals surface area contributed by atoms with E-state index in [1.165, 1.54) is 4.31 Å². The highest BCUT2D eigenvalue weighted by Crippen LogP contribution is 2.33. The van der Waals surface area contributed by atoms with Crippen molar-refractivity contribution < 1.29 is 18.3 Å². The number of hydrogen-bond acceptors (Lipinski definition) is 4. The molecular formula is C13H17NO4S. The summed E-state index contributed by atoms with van der Waals surface area (Å²) in [6.45, 7) is 2.83. The zero-order chi connectivity index (χ0) is 13.7. The van der Waals surface area contributed by atoms with Crippen molar-refractivity contribution in [3.8, 4) is 5.75 Å². The average Bonchev–Trinajstić information content (AvgIpc) is 2.81. The molecule has 0 atom stereocenters. The van der Waals surface area contributed by atoms with Crippen molar-refractivity contribution in [2.24, 2.45) is 0 Å². The number of aliphatic hydroxyl groups is 1. The van der Waals surface area contributed by atoms with Crippen molar-refractivity contribution in [1.29, 1.82) is 0 Å². The average molecular weight is 283 g/mol. The van der Waals surface area contributed by atoms with Crippen LogP contribution >= 0.6 is 0 Å². The van der Waals surface area contributed by atoms with Crippen molar-refractivity contribution in [3.05, 3.63) is 23.8 Å². The van der Waals surface area contributed by atoms with Crippen LogP contribution in [0.4, 0.5) is 0 Å². The molecule has 1 fully saturated rings. The summed E-state index contributed by atoms with van der Waals surface area (Å²) < 4.78 is 31.5. The standard InChI is InChI=1S/C13H17NO4S/c1-2-13(15)8-14(9-13)19(16,17)11-3-4-12-10(7-11)5-6-18-12/h3-4,7,15H,2,5-6,8-9H2,1H3. The number of ether oxygens (including phenoxy) is 1. The molecule has 1 aromatic carbocycles. The van der Waals surface area contributed by atoms with E-state index in [0.29, 0.717) is 13.0 Å². The van der Waals surface area contributed by atoms with Crippen LogP contribution in [0.5, 0.6) is 5.75 Å². The van der Waals surface area contributed by atoms with Crippen LogP contribution in [-0.4, -0.2) is 43.1 Å². The third-order valence-corrected chi connectivity index (χ3v) is 5.69. The summed E-state index contributed by atoms with van der Waals surface area (Å²) in [5, 5.41) is 9.93. The number of hydrogen-bond donors (Lipinski definition) is 1. The van der Waals surface area contributed by atoms with Gasteiger partial charge in [0, 0.05) is 19.5 Å². The Bertz CT molecular complexity index is 605. The molecule has 0 aliphatic carbocycles. The molecule has 1 saturated heterocycles. The van der Waals surface area contributed by atoms with Crippen LogP contribution < -0.4 is 4.74 Å². The normalized spacial score (nSPS) is 21.6. The molecule has 0 saturated carbocycles. The van der Waals surface area contributed by atoms with Crippen molar-refractivity contribution in [3.63, 3.8) is 0 Å². The van der Waals surface area contributed by atoms with Gasteiger partial charge in [0.1, 0.15) is 5.75 Å². The highest BCUT2D eigenvalue weighted by molar-refractivity contribution is 7.89. The van der Waals surface area contributed by atoms with E-state index in [0.717, 1.165) is 17.7 Å². The Morgan fingerprint density at radius 1 is 1.42 bits per heavy atom. The van der Waals surface area contributed by atoms with E-state index >= 15 is 0 Å². The summed E-state index contributed by atoms with van der Waals surface area (Å²) in [6, 6.07) is 4.96. The first-order valence-corrected chi connectivity index (χ1v) is 7.87. The van der Waals surface area contributed by atoms with Gasteiger partial charge in [-0.1, -0.05) is 6.92 Å². The smallest absolute Gasteiger partial charge is 0.243 e. The molecule has 1 aromatic rings. The van der Waals surface area contributed by atoms with Crippen LogP contribution in [0.25, 0.3) is 0 Å². The monoisotopic (exact) mass is 283 g/mol.